The zero-order valence-electron chi connectivity index (χ0n) is 16.9. The van der Waals surface area contributed by atoms with Crippen molar-refractivity contribution in [1.82, 2.24) is 20.1 Å². The van der Waals surface area contributed by atoms with E-state index in [1.807, 2.05) is 11.5 Å². The molecule has 1 aromatic heterocycles. The number of nitriles is 1. The molecule has 1 atom stereocenters. The standard InChI is InChI=1S/C21H26N6OS/c1-15-5-9-17(10-6-15)27-19(26-11-3-4-12-26)24-25-20(27)29-13-18(28)23-21(2,14-22)16-7-8-16/h5-6,9-10,16H,3-4,7-8,11-13H2,1-2H3,(H,23,28). The number of hydrogen-bond donors (Lipinski definition) is 1. The van der Waals surface area contributed by atoms with E-state index in [0.29, 0.717) is 5.16 Å². The Labute approximate surface area is 175 Å². The number of thioether (sulfide) groups is 1. The number of aromatic nitrogens is 3. The van der Waals surface area contributed by atoms with Crippen molar-refractivity contribution in [2.45, 2.75) is 50.2 Å². The van der Waals surface area contributed by atoms with Gasteiger partial charge in [0.2, 0.25) is 11.9 Å². The van der Waals surface area contributed by atoms with Crippen molar-refractivity contribution in [2.24, 2.45) is 5.92 Å². The van der Waals surface area contributed by atoms with Crippen LogP contribution in [0.3, 0.4) is 0 Å². The molecule has 1 saturated carbocycles. The van der Waals surface area contributed by atoms with Crippen LogP contribution in [0.5, 0.6) is 0 Å². The number of aryl methyl sites for hydroxylation is 1. The summed E-state index contributed by atoms with van der Waals surface area (Å²) in [7, 11) is 0. The third-order valence-electron chi connectivity index (χ3n) is 5.65. The molecule has 152 valence electrons. The molecule has 1 aromatic carbocycles. The van der Waals surface area contributed by atoms with Crippen LogP contribution < -0.4 is 10.2 Å². The highest BCUT2D eigenvalue weighted by atomic mass is 32.2. The summed E-state index contributed by atoms with van der Waals surface area (Å²) in [5.41, 5.74) is 1.41. The van der Waals surface area contributed by atoms with E-state index in [4.69, 9.17) is 0 Å². The summed E-state index contributed by atoms with van der Waals surface area (Å²) in [5, 5.41) is 21.9. The van der Waals surface area contributed by atoms with Crippen LogP contribution in [0.1, 0.15) is 38.2 Å². The zero-order valence-corrected chi connectivity index (χ0v) is 17.7. The first kappa shape index (κ1) is 19.8. The van der Waals surface area contributed by atoms with E-state index in [9.17, 15) is 10.1 Å². The molecule has 8 heteroatoms. The molecule has 1 unspecified atom stereocenters. The first-order valence-corrected chi connectivity index (χ1v) is 11.1. The van der Waals surface area contributed by atoms with Gasteiger partial charge in [-0.2, -0.15) is 5.26 Å². The summed E-state index contributed by atoms with van der Waals surface area (Å²) < 4.78 is 2.03. The minimum absolute atomic E-state index is 0.146. The van der Waals surface area contributed by atoms with Gasteiger partial charge in [-0.15, -0.1) is 10.2 Å². The Morgan fingerprint density at radius 2 is 1.97 bits per heavy atom. The van der Waals surface area contributed by atoms with Gasteiger partial charge in [-0.25, -0.2) is 0 Å². The summed E-state index contributed by atoms with van der Waals surface area (Å²) in [6.07, 6.45) is 4.30. The maximum atomic E-state index is 12.5. The molecule has 0 bridgehead atoms. The quantitative estimate of drug-likeness (QED) is 0.706. The maximum Gasteiger partial charge on any atom is 0.232 e. The Kier molecular flexibility index (Phi) is 5.50. The van der Waals surface area contributed by atoms with E-state index in [-0.39, 0.29) is 17.6 Å². The predicted octanol–water partition coefficient (Wildman–Crippen LogP) is 3.08. The van der Waals surface area contributed by atoms with Crippen LogP contribution in [0.4, 0.5) is 5.95 Å². The third-order valence-corrected chi connectivity index (χ3v) is 6.58. The van der Waals surface area contributed by atoms with Gasteiger partial charge in [-0.1, -0.05) is 29.5 Å². The normalized spacial score (nSPS) is 18.3. The van der Waals surface area contributed by atoms with Crippen LogP contribution in [-0.4, -0.2) is 45.1 Å². The summed E-state index contributed by atoms with van der Waals surface area (Å²) >= 11 is 1.36. The topological polar surface area (TPSA) is 86.8 Å². The van der Waals surface area contributed by atoms with Crippen LogP contribution in [0.15, 0.2) is 29.4 Å². The van der Waals surface area contributed by atoms with Crippen LogP contribution in [0, 0.1) is 24.2 Å². The Morgan fingerprint density at radius 3 is 2.59 bits per heavy atom. The molecular formula is C21H26N6OS. The van der Waals surface area contributed by atoms with E-state index in [2.05, 4.69) is 57.7 Å². The van der Waals surface area contributed by atoms with Crippen LogP contribution in [0.2, 0.25) is 0 Å². The predicted molar refractivity (Wildman–Crippen MR) is 113 cm³/mol. The maximum absolute atomic E-state index is 12.5. The highest BCUT2D eigenvalue weighted by Crippen LogP contribution is 2.39. The summed E-state index contributed by atoms with van der Waals surface area (Å²) in [6, 6.07) is 10.5. The molecule has 2 aliphatic rings. The van der Waals surface area contributed by atoms with E-state index in [1.165, 1.54) is 17.3 Å². The van der Waals surface area contributed by atoms with Gasteiger partial charge in [0.15, 0.2) is 5.16 Å². The lowest BCUT2D eigenvalue weighted by Gasteiger charge is -2.22. The lowest BCUT2D eigenvalue weighted by molar-refractivity contribution is -0.119. The molecule has 2 aromatic rings. The Morgan fingerprint density at radius 1 is 1.28 bits per heavy atom. The van der Waals surface area contributed by atoms with Crippen LogP contribution >= 0.6 is 11.8 Å². The average molecular weight is 411 g/mol. The molecule has 1 saturated heterocycles. The molecule has 29 heavy (non-hydrogen) atoms. The molecule has 2 heterocycles. The number of carbonyl (C=O) groups excluding carboxylic acids is 1. The second-order valence-electron chi connectivity index (χ2n) is 8.07. The second kappa shape index (κ2) is 8.07. The number of nitrogens with one attached hydrogen (secondary N) is 1. The smallest absolute Gasteiger partial charge is 0.232 e. The molecule has 4 rings (SSSR count). The van der Waals surface area contributed by atoms with Crippen molar-refractivity contribution in [3.8, 4) is 11.8 Å². The van der Waals surface area contributed by atoms with E-state index < -0.39 is 5.54 Å². The number of anilines is 1. The first-order valence-electron chi connectivity index (χ1n) is 10.1. The molecular weight excluding hydrogens is 384 g/mol. The SMILES string of the molecule is Cc1ccc(-n2c(SCC(=O)NC(C)(C#N)C3CC3)nnc2N2CCCC2)cc1. The summed E-state index contributed by atoms with van der Waals surface area (Å²) in [4.78, 5) is 14.8. The number of hydrogen-bond acceptors (Lipinski definition) is 6. The van der Waals surface area contributed by atoms with Gasteiger partial charge >= 0.3 is 0 Å². The fraction of sp³-hybridized carbons (Fsp3) is 0.524. The molecule has 1 aliphatic carbocycles. The fourth-order valence-electron chi connectivity index (χ4n) is 3.74. The lowest BCUT2D eigenvalue weighted by atomic mass is 9.98. The number of carbonyl (C=O) groups is 1. The average Bonchev–Trinajstić information content (AvgIpc) is 3.29. The molecule has 0 spiro atoms. The van der Waals surface area contributed by atoms with Crippen molar-refractivity contribution >= 4 is 23.6 Å². The van der Waals surface area contributed by atoms with Gasteiger partial charge in [-0.05, 0) is 57.6 Å². The van der Waals surface area contributed by atoms with Gasteiger partial charge < -0.3 is 10.2 Å². The van der Waals surface area contributed by atoms with Gasteiger partial charge in [0.1, 0.15) is 5.54 Å². The van der Waals surface area contributed by atoms with Crippen molar-refractivity contribution < 1.29 is 4.79 Å². The number of amides is 1. The van der Waals surface area contributed by atoms with Crippen molar-refractivity contribution in [3.63, 3.8) is 0 Å². The largest absolute Gasteiger partial charge is 0.341 e. The van der Waals surface area contributed by atoms with Crippen molar-refractivity contribution in [3.05, 3.63) is 29.8 Å². The summed E-state index contributed by atoms with van der Waals surface area (Å²) in [5.74, 6) is 1.15. The van der Waals surface area contributed by atoms with E-state index >= 15 is 0 Å². The van der Waals surface area contributed by atoms with Crippen molar-refractivity contribution in [1.29, 1.82) is 5.26 Å². The van der Waals surface area contributed by atoms with Gasteiger partial charge in [-0.3, -0.25) is 9.36 Å². The Balaban J connectivity index is 1.53. The molecule has 0 radical (unpaired) electrons. The number of rotatable bonds is 7. The Bertz CT molecular complexity index is 924. The number of nitrogens with zero attached hydrogens (tertiary/aromatic N) is 5. The first-order chi connectivity index (χ1) is 14.0. The molecule has 1 aliphatic heterocycles. The molecule has 7 nitrogen and oxygen atoms in total. The second-order valence-corrected chi connectivity index (χ2v) is 9.02. The monoisotopic (exact) mass is 410 g/mol. The van der Waals surface area contributed by atoms with E-state index in [0.717, 1.165) is 50.4 Å². The highest BCUT2D eigenvalue weighted by Gasteiger charge is 2.43. The van der Waals surface area contributed by atoms with Crippen molar-refractivity contribution in [2.75, 3.05) is 23.7 Å². The Hall–Kier alpha value is -2.53. The molecule has 1 N–H and O–H groups in total. The van der Waals surface area contributed by atoms with E-state index in [1.54, 1.807) is 0 Å². The van der Waals surface area contributed by atoms with Gasteiger partial charge in [0, 0.05) is 13.1 Å². The zero-order chi connectivity index (χ0) is 20.4. The molecule has 1 amide bonds. The van der Waals surface area contributed by atoms with Crippen LogP contribution in [0.25, 0.3) is 5.69 Å². The summed E-state index contributed by atoms with van der Waals surface area (Å²) in [6.45, 7) is 5.81. The lowest BCUT2D eigenvalue weighted by Crippen LogP contribution is -2.47. The number of benzene rings is 1. The molecule has 2 fully saturated rings. The van der Waals surface area contributed by atoms with Gasteiger partial charge in [0.05, 0.1) is 17.5 Å². The van der Waals surface area contributed by atoms with Crippen LogP contribution in [-0.2, 0) is 4.79 Å². The highest BCUT2D eigenvalue weighted by molar-refractivity contribution is 7.99. The fourth-order valence-corrected chi connectivity index (χ4v) is 4.48. The minimum Gasteiger partial charge on any atom is -0.341 e. The minimum atomic E-state index is -0.775. The van der Waals surface area contributed by atoms with Gasteiger partial charge in [0.25, 0.3) is 0 Å². The third kappa shape index (κ3) is 4.25.